The number of amides is 2. The van der Waals surface area contributed by atoms with Crippen molar-refractivity contribution < 1.29 is 14.0 Å². The fraction of sp³-hybridized carbons (Fsp3) is 0.267. The number of hydrogen-bond acceptors (Lipinski definition) is 5. The third-order valence-corrected chi connectivity index (χ3v) is 8.05. The van der Waals surface area contributed by atoms with E-state index in [9.17, 15) is 9.59 Å². The molecule has 2 aromatic carbocycles. The van der Waals surface area contributed by atoms with Crippen LogP contribution in [-0.2, 0) is 21.5 Å². The minimum atomic E-state index is -0.521. The zero-order chi connectivity index (χ0) is 28.4. The quantitative estimate of drug-likeness (QED) is 0.311. The van der Waals surface area contributed by atoms with E-state index in [2.05, 4.69) is 10.3 Å². The minimum Gasteiger partial charge on any atom is -0.350 e. The summed E-state index contributed by atoms with van der Waals surface area (Å²) in [5.41, 5.74) is 2.94. The molecule has 0 aliphatic carbocycles. The number of nitrogens with zero attached hydrogens (tertiary/aromatic N) is 4. The van der Waals surface area contributed by atoms with Crippen LogP contribution >= 0.6 is 23.4 Å². The van der Waals surface area contributed by atoms with E-state index in [0.717, 1.165) is 5.56 Å². The van der Waals surface area contributed by atoms with Crippen molar-refractivity contribution in [3.8, 4) is 5.69 Å². The molecule has 1 unspecified atom stereocenters. The normalized spacial score (nSPS) is 15.5. The average Bonchev–Trinajstić information content (AvgIpc) is 3.27. The summed E-state index contributed by atoms with van der Waals surface area (Å²) in [6, 6.07) is 17.4. The highest BCUT2D eigenvalue weighted by Crippen LogP contribution is 2.48. The molecule has 1 atom stereocenters. The Labute approximate surface area is 241 Å². The largest absolute Gasteiger partial charge is 0.350 e. The fourth-order valence-corrected chi connectivity index (χ4v) is 6.10. The summed E-state index contributed by atoms with van der Waals surface area (Å²) in [6.45, 7) is 6.15. The molecule has 0 saturated heterocycles. The summed E-state index contributed by atoms with van der Waals surface area (Å²) >= 11 is 7.69. The molecule has 1 aliphatic heterocycles. The van der Waals surface area contributed by atoms with E-state index in [1.165, 1.54) is 22.7 Å². The SMILES string of the molecule is CC(C)(C)c1nn(-c2cccc(Cl)c2)c2c1C(c1ccccc1F)SCC(=O)N2CC(=O)NCc1ccncc1. The monoisotopic (exact) mass is 577 g/mol. The summed E-state index contributed by atoms with van der Waals surface area (Å²) in [5.74, 6) is -0.467. The number of anilines is 1. The van der Waals surface area contributed by atoms with Crippen molar-refractivity contribution in [2.45, 2.75) is 38.0 Å². The van der Waals surface area contributed by atoms with Crippen molar-refractivity contribution in [2.24, 2.45) is 0 Å². The van der Waals surface area contributed by atoms with Gasteiger partial charge >= 0.3 is 0 Å². The van der Waals surface area contributed by atoms with Crippen LogP contribution in [0.1, 0.15) is 48.4 Å². The Kier molecular flexibility index (Phi) is 7.96. The van der Waals surface area contributed by atoms with Crippen molar-refractivity contribution in [3.63, 3.8) is 0 Å². The zero-order valence-corrected chi connectivity index (χ0v) is 24.0. The van der Waals surface area contributed by atoms with Crippen LogP contribution < -0.4 is 10.2 Å². The molecule has 2 amide bonds. The number of hydrogen-bond donors (Lipinski definition) is 1. The first-order chi connectivity index (χ1) is 19.1. The van der Waals surface area contributed by atoms with Crippen molar-refractivity contribution in [3.05, 3.63) is 106 Å². The standard InChI is InChI=1S/C30H29ClFN5O2S/c1-30(2,3)28-26-27(22-9-4-5-10-23(22)32)40-18-25(39)36(17-24(38)34-16-19-11-13-33-14-12-19)29(26)37(35-28)21-8-6-7-20(31)15-21/h4-15,27H,16-18H2,1-3H3,(H,34,38). The van der Waals surface area contributed by atoms with E-state index in [1.54, 1.807) is 53.5 Å². The number of thioether (sulfide) groups is 1. The number of halogens is 2. The van der Waals surface area contributed by atoms with Gasteiger partial charge in [0.25, 0.3) is 0 Å². The Morgan fingerprint density at radius 3 is 2.58 bits per heavy atom. The molecule has 4 aromatic rings. The predicted molar refractivity (Wildman–Crippen MR) is 156 cm³/mol. The van der Waals surface area contributed by atoms with Gasteiger partial charge in [-0.3, -0.25) is 19.5 Å². The summed E-state index contributed by atoms with van der Waals surface area (Å²) in [5, 5.41) is 7.87. The van der Waals surface area contributed by atoms with Gasteiger partial charge in [-0.2, -0.15) is 5.10 Å². The Morgan fingerprint density at radius 2 is 1.88 bits per heavy atom. The number of benzene rings is 2. The number of fused-ring (bicyclic) bond motifs is 1. The van der Waals surface area contributed by atoms with Gasteiger partial charge in [0.05, 0.1) is 22.4 Å². The third kappa shape index (κ3) is 5.76. The first-order valence-corrected chi connectivity index (χ1v) is 14.3. The second-order valence-corrected chi connectivity index (χ2v) is 12.1. The maximum Gasteiger partial charge on any atom is 0.240 e. The predicted octanol–water partition coefficient (Wildman–Crippen LogP) is 5.84. The lowest BCUT2D eigenvalue weighted by Gasteiger charge is -2.24. The molecule has 0 fully saturated rings. The molecular weight excluding hydrogens is 549 g/mol. The lowest BCUT2D eigenvalue weighted by atomic mass is 9.87. The summed E-state index contributed by atoms with van der Waals surface area (Å²) < 4.78 is 16.9. The molecule has 7 nitrogen and oxygen atoms in total. The highest BCUT2D eigenvalue weighted by atomic mass is 35.5. The van der Waals surface area contributed by atoms with Crippen LogP contribution in [0.5, 0.6) is 0 Å². The van der Waals surface area contributed by atoms with Gasteiger partial charge in [-0.25, -0.2) is 9.07 Å². The second-order valence-electron chi connectivity index (χ2n) is 10.6. The second kappa shape index (κ2) is 11.4. The van der Waals surface area contributed by atoms with Crippen molar-refractivity contribution >= 4 is 41.0 Å². The van der Waals surface area contributed by atoms with Crippen molar-refractivity contribution in [1.82, 2.24) is 20.1 Å². The molecule has 0 bridgehead atoms. The molecule has 40 heavy (non-hydrogen) atoms. The highest BCUT2D eigenvalue weighted by Gasteiger charge is 2.40. The molecular formula is C30H29ClFN5O2S. The van der Waals surface area contributed by atoms with Crippen LogP contribution in [0, 0.1) is 5.82 Å². The minimum absolute atomic E-state index is 0.0600. The van der Waals surface area contributed by atoms with Crippen LogP contribution in [0.2, 0.25) is 5.02 Å². The molecule has 0 radical (unpaired) electrons. The first-order valence-electron chi connectivity index (χ1n) is 12.8. The molecule has 1 aliphatic rings. The van der Waals surface area contributed by atoms with Crippen LogP contribution in [0.4, 0.5) is 10.2 Å². The number of carbonyl (C=O) groups is 2. The van der Waals surface area contributed by atoms with E-state index in [4.69, 9.17) is 16.7 Å². The van der Waals surface area contributed by atoms with E-state index in [0.29, 0.717) is 39.9 Å². The third-order valence-electron chi connectivity index (χ3n) is 6.58. The first kappa shape index (κ1) is 27.9. The molecule has 1 N–H and O–H groups in total. The van der Waals surface area contributed by atoms with Crippen LogP contribution in [0.25, 0.3) is 5.69 Å². The van der Waals surface area contributed by atoms with Gasteiger partial charge in [-0.05, 0) is 42.0 Å². The number of carbonyl (C=O) groups excluding carboxylic acids is 2. The van der Waals surface area contributed by atoms with Crippen LogP contribution in [-0.4, -0.2) is 38.9 Å². The summed E-state index contributed by atoms with van der Waals surface area (Å²) in [7, 11) is 0. The number of nitrogens with one attached hydrogen (secondary N) is 1. The van der Waals surface area contributed by atoms with E-state index in [-0.39, 0.29) is 29.9 Å². The molecule has 5 rings (SSSR count). The van der Waals surface area contributed by atoms with E-state index in [1.807, 2.05) is 39.0 Å². The highest BCUT2D eigenvalue weighted by molar-refractivity contribution is 8.00. The molecule has 10 heteroatoms. The van der Waals surface area contributed by atoms with E-state index < -0.39 is 10.7 Å². The number of aromatic nitrogens is 3. The smallest absolute Gasteiger partial charge is 0.240 e. The zero-order valence-electron chi connectivity index (χ0n) is 22.4. The van der Waals surface area contributed by atoms with Crippen molar-refractivity contribution in [1.29, 1.82) is 0 Å². The van der Waals surface area contributed by atoms with Crippen LogP contribution in [0.15, 0.2) is 73.1 Å². The number of rotatable bonds is 6. The average molecular weight is 578 g/mol. The number of pyridine rings is 1. The van der Waals surface area contributed by atoms with Crippen molar-refractivity contribution in [2.75, 3.05) is 17.2 Å². The van der Waals surface area contributed by atoms with Gasteiger partial charge in [0.2, 0.25) is 11.8 Å². The molecule has 206 valence electrons. The Bertz CT molecular complexity index is 1550. The summed E-state index contributed by atoms with van der Waals surface area (Å²) in [6.07, 6.45) is 3.31. The fourth-order valence-electron chi connectivity index (χ4n) is 4.70. The molecule has 0 spiro atoms. The van der Waals surface area contributed by atoms with Gasteiger partial charge < -0.3 is 5.32 Å². The molecule has 3 heterocycles. The van der Waals surface area contributed by atoms with Crippen LogP contribution in [0.3, 0.4) is 0 Å². The Hall–Kier alpha value is -3.69. The van der Waals surface area contributed by atoms with Gasteiger partial charge in [0.1, 0.15) is 18.2 Å². The maximum absolute atomic E-state index is 15.3. The lowest BCUT2D eigenvalue weighted by molar-refractivity contribution is -0.123. The Morgan fingerprint density at radius 1 is 1.12 bits per heavy atom. The van der Waals surface area contributed by atoms with Gasteiger partial charge in [-0.1, -0.05) is 56.6 Å². The summed E-state index contributed by atoms with van der Waals surface area (Å²) in [4.78, 5) is 32.4. The van der Waals surface area contributed by atoms with Gasteiger partial charge in [0.15, 0.2) is 0 Å². The molecule has 2 aromatic heterocycles. The lowest BCUT2D eigenvalue weighted by Crippen LogP contribution is -2.42. The topological polar surface area (TPSA) is 80.1 Å². The maximum atomic E-state index is 15.3. The van der Waals surface area contributed by atoms with Gasteiger partial charge in [0, 0.05) is 40.5 Å². The Balaban J connectivity index is 1.67. The van der Waals surface area contributed by atoms with Gasteiger partial charge in [-0.15, -0.1) is 11.8 Å². The van der Waals surface area contributed by atoms with E-state index >= 15 is 4.39 Å². The molecule has 0 saturated carbocycles.